The van der Waals surface area contributed by atoms with Gasteiger partial charge in [-0.1, -0.05) is 11.8 Å². The molecule has 0 radical (unpaired) electrons. The SMILES string of the molecule is N#CCC#Cc1cnc2[nH]ccc2c1. The van der Waals surface area contributed by atoms with E-state index in [2.05, 4.69) is 21.8 Å². The van der Waals surface area contributed by atoms with Crippen LogP contribution in [0, 0.1) is 23.2 Å². The van der Waals surface area contributed by atoms with Gasteiger partial charge in [0.1, 0.15) is 5.65 Å². The molecule has 1 N–H and O–H groups in total. The van der Waals surface area contributed by atoms with Crippen LogP contribution in [0.5, 0.6) is 0 Å². The van der Waals surface area contributed by atoms with Crippen LogP contribution < -0.4 is 0 Å². The fraction of sp³-hybridized carbons (Fsp3) is 0.0909. The molecule has 0 unspecified atom stereocenters. The van der Waals surface area contributed by atoms with E-state index in [0.29, 0.717) is 0 Å². The third-order valence-corrected chi connectivity index (χ3v) is 1.80. The van der Waals surface area contributed by atoms with Gasteiger partial charge in [0, 0.05) is 23.3 Å². The third-order valence-electron chi connectivity index (χ3n) is 1.80. The molecule has 3 nitrogen and oxygen atoms in total. The molecule has 0 atom stereocenters. The first-order valence-electron chi connectivity index (χ1n) is 4.19. The van der Waals surface area contributed by atoms with Gasteiger partial charge in [0.05, 0.1) is 12.5 Å². The zero-order valence-corrected chi connectivity index (χ0v) is 7.41. The minimum absolute atomic E-state index is 0.255. The maximum atomic E-state index is 8.31. The summed E-state index contributed by atoms with van der Waals surface area (Å²) in [5.41, 5.74) is 1.70. The number of nitrogens with zero attached hydrogens (tertiary/aromatic N) is 2. The Hall–Kier alpha value is -2.26. The number of nitrogens with one attached hydrogen (secondary N) is 1. The van der Waals surface area contributed by atoms with Crippen molar-refractivity contribution < 1.29 is 0 Å². The molecular weight excluding hydrogens is 174 g/mol. The van der Waals surface area contributed by atoms with E-state index in [9.17, 15) is 0 Å². The van der Waals surface area contributed by atoms with Crippen molar-refractivity contribution in [2.75, 3.05) is 0 Å². The molecule has 0 spiro atoms. The Morgan fingerprint density at radius 3 is 3.29 bits per heavy atom. The second kappa shape index (κ2) is 3.64. The van der Waals surface area contributed by atoms with E-state index in [4.69, 9.17) is 5.26 Å². The molecule has 0 aromatic carbocycles. The van der Waals surface area contributed by atoms with Crippen molar-refractivity contribution in [2.24, 2.45) is 0 Å². The van der Waals surface area contributed by atoms with E-state index in [1.807, 2.05) is 24.4 Å². The number of fused-ring (bicyclic) bond motifs is 1. The number of hydrogen-bond donors (Lipinski definition) is 1. The van der Waals surface area contributed by atoms with Crippen molar-refractivity contribution in [3.05, 3.63) is 30.1 Å². The van der Waals surface area contributed by atoms with Gasteiger partial charge in [-0.05, 0) is 12.1 Å². The molecule has 0 amide bonds. The lowest BCUT2D eigenvalue weighted by Gasteiger charge is -1.89. The summed E-state index contributed by atoms with van der Waals surface area (Å²) in [5.74, 6) is 5.63. The summed E-state index contributed by atoms with van der Waals surface area (Å²) in [7, 11) is 0. The van der Waals surface area contributed by atoms with Crippen LogP contribution in [-0.2, 0) is 0 Å². The summed E-state index contributed by atoms with van der Waals surface area (Å²) in [6.07, 6.45) is 3.79. The fourth-order valence-corrected chi connectivity index (χ4v) is 1.19. The Balaban J connectivity index is 2.37. The maximum Gasteiger partial charge on any atom is 0.137 e. The van der Waals surface area contributed by atoms with Crippen LogP contribution in [0.15, 0.2) is 24.5 Å². The molecule has 0 aliphatic carbocycles. The number of aromatic nitrogens is 2. The molecule has 2 aromatic heterocycles. The molecule has 2 rings (SSSR count). The van der Waals surface area contributed by atoms with Crippen molar-refractivity contribution in [1.29, 1.82) is 5.26 Å². The Kier molecular flexibility index (Phi) is 2.17. The Labute approximate surface area is 81.4 Å². The van der Waals surface area contributed by atoms with Crippen molar-refractivity contribution in [2.45, 2.75) is 6.42 Å². The van der Waals surface area contributed by atoms with E-state index >= 15 is 0 Å². The smallest absolute Gasteiger partial charge is 0.137 e. The topological polar surface area (TPSA) is 52.5 Å². The zero-order chi connectivity index (χ0) is 9.80. The molecule has 2 heterocycles. The molecule has 14 heavy (non-hydrogen) atoms. The molecule has 66 valence electrons. The highest BCUT2D eigenvalue weighted by Crippen LogP contribution is 2.10. The predicted molar refractivity (Wildman–Crippen MR) is 53.2 cm³/mol. The van der Waals surface area contributed by atoms with Gasteiger partial charge in [-0.3, -0.25) is 0 Å². The lowest BCUT2D eigenvalue weighted by atomic mass is 10.2. The summed E-state index contributed by atoms with van der Waals surface area (Å²) < 4.78 is 0. The normalized spacial score (nSPS) is 9.07. The van der Waals surface area contributed by atoms with Crippen LogP contribution in [-0.4, -0.2) is 9.97 Å². The summed E-state index contributed by atoms with van der Waals surface area (Å²) in [4.78, 5) is 7.18. The van der Waals surface area contributed by atoms with Crippen LogP contribution in [0.4, 0.5) is 0 Å². The Morgan fingerprint density at radius 2 is 2.43 bits per heavy atom. The second-order valence-electron chi connectivity index (χ2n) is 2.78. The number of pyridine rings is 1. The van der Waals surface area contributed by atoms with Crippen LogP contribution in [0.2, 0.25) is 0 Å². The van der Waals surface area contributed by atoms with E-state index in [1.54, 1.807) is 6.20 Å². The lowest BCUT2D eigenvalue weighted by molar-refractivity contribution is 1.31. The van der Waals surface area contributed by atoms with E-state index in [-0.39, 0.29) is 6.42 Å². The standard InChI is InChI=1S/C11H7N3/c12-5-2-1-3-9-7-10-4-6-13-11(10)14-8-9/h4,6-8H,2H2,(H,13,14). The number of rotatable bonds is 0. The number of nitriles is 1. The second-order valence-corrected chi connectivity index (χ2v) is 2.78. The minimum atomic E-state index is 0.255. The molecule has 0 aliphatic heterocycles. The first-order valence-corrected chi connectivity index (χ1v) is 4.19. The highest BCUT2D eigenvalue weighted by Gasteiger charge is 1.94. The number of aromatic amines is 1. The van der Waals surface area contributed by atoms with E-state index in [1.165, 1.54) is 0 Å². The first kappa shape index (κ1) is 8.34. The van der Waals surface area contributed by atoms with Crippen molar-refractivity contribution in [3.8, 4) is 17.9 Å². The minimum Gasteiger partial charge on any atom is -0.346 e. The van der Waals surface area contributed by atoms with E-state index in [0.717, 1.165) is 16.6 Å². The van der Waals surface area contributed by atoms with Gasteiger partial charge < -0.3 is 4.98 Å². The molecule has 0 saturated carbocycles. The molecule has 0 aliphatic rings. The largest absolute Gasteiger partial charge is 0.346 e. The van der Waals surface area contributed by atoms with Gasteiger partial charge in [0.2, 0.25) is 0 Å². The quantitative estimate of drug-likeness (QED) is 0.630. The summed E-state index contributed by atoms with van der Waals surface area (Å²) in [5, 5.41) is 9.35. The Bertz CT molecular complexity index is 549. The molecule has 0 bridgehead atoms. The van der Waals surface area contributed by atoms with Crippen LogP contribution >= 0.6 is 0 Å². The van der Waals surface area contributed by atoms with Crippen molar-refractivity contribution in [3.63, 3.8) is 0 Å². The van der Waals surface area contributed by atoms with Crippen molar-refractivity contribution >= 4 is 11.0 Å². The predicted octanol–water partition coefficient (Wildman–Crippen LogP) is 1.83. The summed E-state index contributed by atoms with van der Waals surface area (Å²) in [6.45, 7) is 0. The molecular formula is C11H7N3. The third kappa shape index (κ3) is 1.57. The first-order chi connectivity index (χ1) is 6.90. The number of H-pyrrole nitrogens is 1. The van der Waals surface area contributed by atoms with Crippen molar-refractivity contribution in [1.82, 2.24) is 9.97 Å². The zero-order valence-electron chi connectivity index (χ0n) is 7.41. The average Bonchev–Trinajstić information content (AvgIpc) is 2.65. The van der Waals surface area contributed by atoms with E-state index < -0.39 is 0 Å². The number of hydrogen-bond acceptors (Lipinski definition) is 2. The Morgan fingerprint density at radius 1 is 1.50 bits per heavy atom. The molecule has 3 heteroatoms. The highest BCUT2D eigenvalue weighted by atomic mass is 14.8. The molecule has 0 fully saturated rings. The van der Waals surface area contributed by atoms with Gasteiger partial charge in [0.25, 0.3) is 0 Å². The lowest BCUT2D eigenvalue weighted by Crippen LogP contribution is -1.79. The molecule has 0 saturated heterocycles. The molecule has 2 aromatic rings. The van der Waals surface area contributed by atoms with Gasteiger partial charge in [0.15, 0.2) is 0 Å². The van der Waals surface area contributed by atoms with Gasteiger partial charge in [-0.2, -0.15) is 5.26 Å². The van der Waals surface area contributed by atoms with Crippen LogP contribution in [0.3, 0.4) is 0 Å². The highest BCUT2D eigenvalue weighted by molar-refractivity contribution is 5.76. The van der Waals surface area contributed by atoms with Crippen LogP contribution in [0.1, 0.15) is 12.0 Å². The van der Waals surface area contributed by atoms with Gasteiger partial charge >= 0.3 is 0 Å². The average molecular weight is 181 g/mol. The fourth-order valence-electron chi connectivity index (χ4n) is 1.19. The summed E-state index contributed by atoms with van der Waals surface area (Å²) in [6, 6.07) is 5.86. The maximum absolute atomic E-state index is 8.31. The van der Waals surface area contributed by atoms with Gasteiger partial charge in [-0.25, -0.2) is 4.98 Å². The summed E-state index contributed by atoms with van der Waals surface area (Å²) >= 11 is 0. The van der Waals surface area contributed by atoms with Crippen LogP contribution in [0.25, 0.3) is 11.0 Å². The van der Waals surface area contributed by atoms with Gasteiger partial charge in [-0.15, -0.1) is 0 Å². The monoisotopic (exact) mass is 181 g/mol.